The zero-order valence-electron chi connectivity index (χ0n) is 10.4. The van der Waals surface area contributed by atoms with Crippen LogP contribution in [-0.4, -0.2) is 21.0 Å². The second-order valence-corrected chi connectivity index (χ2v) is 4.85. The van der Waals surface area contributed by atoms with Gasteiger partial charge in [-0.2, -0.15) is 0 Å². The van der Waals surface area contributed by atoms with Crippen LogP contribution >= 0.6 is 11.8 Å². The van der Waals surface area contributed by atoms with Crippen LogP contribution in [0.25, 0.3) is 0 Å². The monoisotopic (exact) mass is 308 g/mol. The summed E-state index contributed by atoms with van der Waals surface area (Å²) >= 11 is 0.976. The lowest BCUT2D eigenvalue weighted by Gasteiger charge is -2.05. The maximum atomic E-state index is 13.6. The summed E-state index contributed by atoms with van der Waals surface area (Å²) in [7, 11) is 0. The molecule has 0 saturated carbocycles. The fraction of sp³-hybridized carbons (Fsp3) is 0. The molecule has 2 aromatic rings. The van der Waals surface area contributed by atoms with E-state index in [-0.39, 0.29) is 10.7 Å². The van der Waals surface area contributed by atoms with Gasteiger partial charge in [-0.25, -0.2) is 9.37 Å². The summed E-state index contributed by atoms with van der Waals surface area (Å²) in [5.41, 5.74) is 4.70. The van der Waals surface area contributed by atoms with E-state index < -0.39 is 22.3 Å². The number of rotatable bonds is 4. The molecule has 9 heteroatoms. The van der Waals surface area contributed by atoms with Gasteiger partial charge in [-0.1, -0.05) is 29.1 Å². The number of oxime groups is 1. The summed E-state index contributed by atoms with van der Waals surface area (Å²) in [5.74, 6) is -0.925. The van der Waals surface area contributed by atoms with Crippen LogP contribution in [0.2, 0.25) is 0 Å². The molecule has 0 bridgehead atoms. The molecule has 0 spiro atoms. The summed E-state index contributed by atoms with van der Waals surface area (Å²) in [4.78, 5) is 14.4. The van der Waals surface area contributed by atoms with Crippen LogP contribution in [-0.2, 0) is 0 Å². The van der Waals surface area contributed by atoms with Crippen LogP contribution in [0.15, 0.2) is 51.5 Å². The molecule has 0 saturated heterocycles. The Balaban J connectivity index is 2.43. The molecule has 1 heterocycles. The van der Waals surface area contributed by atoms with Gasteiger partial charge in [0.05, 0.1) is 4.92 Å². The number of nitrogens with zero attached hydrogens (tertiary/aromatic N) is 3. The van der Waals surface area contributed by atoms with E-state index in [1.807, 2.05) is 0 Å². The number of aromatic nitrogens is 1. The molecule has 7 nitrogen and oxygen atoms in total. The summed E-state index contributed by atoms with van der Waals surface area (Å²) in [5, 5.41) is 22.5. The number of hydrogen-bond acceptors (Lipinski definition) is 6. The van der Waals surface area contributed by atoms with Crippen LogP contribution in [0.1, 0.15) is 5.69 Å². The van der Waals surface area contributed by atoms with Crippen molar-refractivity contribution in [1.82, 2.24) is 4.98 Å². The lowest BCUT2D eigenvalue weighted by molar-refractivity contribution is -0.385. The molecule has 0 amide bonds. The highest BCUT2D eigenvalue weighted by molar-refractivity contribution is 7.99. The van der Waals surface area contributed by atoms with Crippen LogP contribution in [0.5, 0.6) is 0 Å². The first-order valence-corrected chi connectivity index (χ1v) is 6.40. The van der Waals surface area contributed by atoms with Gasteiger partial charge in [0, 0.05) is 11.0 Å². The third-order valence-corrected chi connectivity index (χ3v) is 3.43. The van der Waals surface area contributed by atoms with Gasteiger partial charge in [-0.15, -0.1) is 0 Å². The van der Waals surface area contributed by atoms with Gasteiger partial charge in [0.1, 0.15) is 10.8 Å². The topological polar surface area (TPSA) is 115 Å². The minimum atomic E-state index is -0.697. The molecule has 0 radical (unpaired) electrons. The van der Waals surface area contributed by atoms with Crippen molar-refractivity contribution in [2.45, 2.75) is 9.92 Å². The molecule has 21 heavy (non-hydrogen) atoms. The lowest BCUT2D eigenvalue weighted by atomic mass is 10.3. The molecule has 1 aromatic carbocycles. The van der Waals surface area contributed by atoms with E-state index in [1.165, 1.54) is 18.2 Å². The highest BCUT2D eigenvalue weighted by Gasteiger charge is 2.20. The van der Waals surface area contributed by atoms with Crippen LogP contribution < -0.4 is 5.73 Å². The molecule has 2 rings (SSSR count). The first-order valence-electron chi connectivity index (χ1n) is 5.58. The Morgan fingerprint density at radius 3 is 2.71 bits per heavy atom. The fourth-order valence-electron chi connectivity index (χ4n) is 1.51. The molecule has 0 aliphatic rings. The first-order chi connectivity index (χ1) is 10.0. The molecule has 1 aromatic heterocycles. The van der Waals surface area contributed by atoms with E-state index >= 15 is 0 Å². The Hall–Kier alpha value is -2.68. The molecule has 0 atom stereocenters. The van der Waals surface area contributed by atoms with E-state index in [2.05, 4.69) is 10.1 Å². The van der Waals surface area contributed by atoms with Crippen LogP contribution in [0, 0.1) is 15.9 Å². The molecule has 0 aliphatic heterocycles. The lowest BCUT2D eigenvalue weighted by Crippen LogP contribution is -2.17. The zero-order chi connectivity index (χ0) is 15.4. The largest absolute Gasteiger partial charge is 0.409 e. The van der Waals surface area contributed by atoms with Gasteiger partial charge in [-0.05, 0) is 18.2 Å². The Kier molecular flexibility index (Phi) is 4.33. The average Bonchev–Trinajstić information content (AvgIpc) is 2.48. The fourth-order valence-corrected chi connectivity index (χ4v) is 2.32. The van der Waals surface area contributed by atoms with Gasteiger partial charge >= 0.3 is 0 Å². The number of nitro groups is 1. The number of amidine groups is 1. The molecular weight excluding hydrogens is 299 g/mol. The number of hydrogen-bond donors (Lipinski definition) is 2. The molecule has 0 fully saturated rings. The van der Waals surface area contributed by atoms with Gasteiger partial charge in [-0.3, -0.25) is 10.1 Å². The summed E-state index contributed by atoms with van der Waals surface area (Å²) in [6.07, 6.45) is 0. The quantitative estimate of drug-likeness (QED) is 0.294. The molecule has 0 unspecified atom stereocenters. The second kappa shape index (κ2) is 6.18. The van der Waals surface area contributed by atoms with Crippen molar-refractivity contribution in [2.24, 2.45) is 10.9 Å². The maximum Gasteiger partial charge on any atom is 0.298 e. The van der Waals surface area contributed by atoms with Gasteiger partial charge in [0.25, 0.3) is 5.69 Å². The van der Waals surface area contributed by atoms with E-state index in [1.54, 1.807) is 18.2 Å². The normalized spacial score (nSPS) is 11.4. The van der Waals surface area contributed by atoms with Crippen molar-refractivity contribution < 1.29 is 14.5 Å². The average molecular weight is 308 g/mol. The van der Waals surface area contributed by atoms with Gasteiger partial charge in [0.2, 0.25) is 0 Å². The van der Waals surface area contributed by atoms with Gasteiger partial charge in [0.15, 0.2) is 11.5 Å². The van der Waals surface area contributed by atoms with Crippen molar-refractivity contribution in [3.8, 4) is 0 Å². The predicted octanol–water partition coefficient (Wildman–Crippen LogP) is 2.37. The predicted molar refractivity (Wildman–Crippen MR) is 73.9 cm³/mol. The number of benzene rings is 1. The molecular formula is C12H9FN4O3S. The summed E-state index contributed by atoms with van der Waals surface area (Å²) in [6.45, 7) is 0. The minimum Gasteiger partial charge on any atom is -0.409 e. The zero-order valence-corrected chi connectivity index (χ0v) is 11.2. The Morgan fingerprint density at radius 2 is 2.10 bits per heavy atom. The standard InChI is InChI=1S/C12H9FN4O3S/c13-7-3-1-2-4-9(7)21-10-6-5-8(17(19)20)11(15-10)12(14)16-18/h1-6,18H,(H2,14,16). The van der Waals surface area contributed by atoms with Crippen molar-refractivity contribution in [1.29, 1.82) is 0 Å². The minimum absolute atomic E-state index is 0.274. The van der Waals surface area contributed by atoms with Crippen LogP contribution in [0.3, 0.4) is 0 Å². The van der Waals surface area contributed by atoms with Crippen molar-refractivity contribution in [3.63, 3.8) is 0 Å². The van der Waals surface area contributed by atoms with Crippen LogP contribution in [0.4, 0.5) is 10.1 Å². The second-order valence-electron chi connectivity index (χ2n) is 3.79. The maximum absolute atomic E-state index is 13.6. The number of halogens is 1. The van der Waals surface area contributed by atoms with E-state index in [4.69, 9.17) is 10.9 Å². The number of nitrogens with two attached hydrogens (primary N) is 1. The van der Waals surface area contributed by atoms with Gasteiger partial charge < -0.3 is 10.9 Å². The third-order valence-electron chi connectivity index (χ3n) is 2.45. The van der Waals surface area contributed by atoms with Crippen molar-refractivity contribution in [2.75, 3.05) is 0 Å². The van der Waals surface area contributed by atoms with Crippen molar-refractivity contribution >= 4 is 23.3 Å². The number of pyridine rings is 1. The molecule has 3 N–H and O–H groups in total. The Morgan fingerprint density at radius 1 is 1.38 bits per heavy atom. The smallest absolute Gasteiger partial charge is 0.298 e. The third kappa shape index (κ3) is 3.26. The molecule has 0 aliphatic carbocycles. The SMILES string of the molecule is N/C(=N/O)c1nc(Sc2ccccc2F)ccc1[N+](=O)[O-]. The Bertz CT molecular complexity index is 723. The molecule has 108 valence electrons. The van der Waals surface area contributed by atoms with E-state index in [0.717, 1.165) is 11.8 Å². The van der Waals surface area contributed by atoms with E-state index in [0.29, 0.717) is 4.90 Å². The highest BCUT2D eigenvalue weighted by Crippen LogP contribution is 2.30. The summed E-state index contributed by atoms with van der Waals surface area (Å²) < 4.78 is 13.6. The highest BCUT2D eigenvalue weighted by atomic mass is 32.2. The van der Waals surface area contributed by atoms with Crippen molar-refractivity contribution in [3.05, 3.63) is 58.0 Å². The van der Waals surface area contributed by atoms with E-state index in [9.17, 15) is 14.5 Å². The summed E-state index contributed by atoms with van der Waals surface area (Å²) in [6, 6.07) is 8.57. The first kappa shape index (κ1) is 14.7. The Labute approximate surface area is 122 Å².